The quantitative estimate of drug-likeness (QED) is 0.252. The van der Waals surface area contributed by atoms with Gasteiger partial charge in [0, 0.05) is 75.8 Å². The molecule has 4 rings (SSSR count). The highest BCUT2D eigenvalue weighted by atomic mass is 16.5. The Kier molecular flexibility index (Phi) is 18.7. The number of likely N-dealkylation sites (N-methyl/N-ethyl adjacent to an activating group) is 1. The molecular weight excluding hydrogens is 560 g/mol. The number of ether oxygens (including phenoxy) is 2. The normalized spacial score (nSPS) is 24.9. The van der Waals surface area contributed by atoms with Crippen molar-refractivity contribution in [2.24, 2.45) is 17.8 Å². The van der Waals surface area contributed by atoms with E-state index in [0.29, 0.717) is 44.0 Å². The summed E-state index contributed by atoms with van der Waals surface area (Å²) in [6.07, 6.45) is 14.6. The molecule has 2 saturated carbocycles. The maximum absolute atomic E-state index is 12.2. The van der Waals surface area contributed by atoms with Gasteiger partial charge in [0.05, 0.1) is 18.8 Å². The molecule has 0 aromatic carbocycles. The number of pyridine rings is 1. The van der Waals surface area contributed by atoms with E-state index in [4.69, 9.17) is 9.47 Å². The van der Waals surface area contributed by atoms with Gasteiger partial charge < -0.3 is 29.8 Å². The van der Waals surface area contributed by atoms with Crippen molar-refractivity contribution in [3.63, 3.8) is 0 Å². The first-order valence-electron chi connectivity index (χ1n) is 16.5. The Morgan fingerprint density at radius 3 is 2.02 bits per heavy atom. The van der Waals surface area contributed by atoms with Crippen LogP contribution in [0.4, 0.5) is 0 Å². The zero-order valence-electron chi connectivity index (χ0n) is 27.4. The summed E-state index contributed by atoms with van der Waals surface area (Å²) in [7, 11) is 3.65. The van der Waals surface area contributed by atoms with E-state index in [2.05, 4.69) is 15.6 Å². The zero-order valence-corrected chi connectivity index (χ0v) is 27.4. The molecule has 0 bridgehead atoms. The van der Waals surface area contributed by atoms with E-state index in [1.54, 1.807) is 24.3 Å². The van der Waals surface area contributed by atoms with Crippen LogP contribution < -0.4 is 10.6 Å². The van der Waals surface area contributed by atoms with Crippen LogP contribution in [0.25, 0.3) is 0 Å². The van der Waals surface area contributed by atoms with Crippen molar-refractivity contribution in [2.45, 2.75) is 103 Å². The number of Topliss-reactive ketones (excluding diaryl/α,β-unsaturated/α-hetero) is 1. The lowest BCUT2D eigenvalue weighted by Gasteiger charge is -2.29. The summed E-state index contributed by atoms with van der Waals surface area (Å²) in [6.45, 7) is 6.88. The van der Waals surface area contributed by atoms with Crippen LogP contribution in [0.3, 0.4) is 0 Å². The lowest BCUT2D eigenvalue weighted by atomic mass is 9.80. The van der Waals surface area contributed by atoms with Gasteiger partial charge in [0.15, 0.2) is 0 Å². The first kappa shape index (κ1) is 37.5. The molecule has 0 radical (unpaired) electrons. The van der Waals surface area contributed by atoms with Crippen LogP contribution >= 0.6 is 0 Å². The molecule has 1 saturated heterocycles. The molecule has 2 heterocycles. The molecule has 44 heavy (non-hydrogen) atoms. The van der Waals surface area contributed by atoms with Crippen molar-refractivity contribution >= 4 is 23.9 Å². The molecule has 1 aromatic heterocycles. The minimum atomic E-state index is -0.0532. The fraction of sp³-hybridized carbons (Fsp3) is 0.735. The number of nitrogens with zero attached hydrogens (tertiary/aromatic N) is 2. The van der Waals surface area contributed by atoms with Crippen LogP contribution in [0.2, 0.25) is 0 Å². The fourth-order valence-corrected chi connectivity index (χ4v) is 5.77. The summed E-state index contributed by atoms with van der Waals surface area (Å²) in [5.41, 5.74) is 0. The van der Waals surface area contributed by atoms with E-state index in [0.717, 1.165) is 77.2 Å². The number of carbonyl (C=O) groups excluding carboxylic acids is 4. The van der Waals surface area contributed by atoms with E-state index >= 15 is 0 Å². The van der Waals surface area contributed by atoms with Crippen LogP contribution in [-0.2, 0) is 28.7 Å². The van der Waals surface area contributed by atoms with Crippen LogP contribution in [0.5, 0.6) is 0 Å². The molecule has 10 nitrogen and oxygen atoms in total. The van der Waals surface area contributed by atoms with Crippen molar-refractivity contribution in [1.29, 1.82) is 0 Å². The number of aromatic nitrogens is 1. The van der Waals surface area contributed by atoms with Crippen LogP contribution in [0.15, 0.2) is 30.6 Å². The number of carbonyl (C=O) groups is 4. The number of hydrogen-bond acceptors (Lipinski definition) is 8. The molecule has 1 unspecified atom stereocenters. The van der Waals surface area contributed by atoms with E-state index in [-0.39, 0.29) is 35.6 Å². The lowest BCUT2D eigenvalue weighted by Crippen LogP contribution is -2.39. The summed E-state index contributed by atoms with van der Waals surface area (Å²) in [5, 5.41) is 6.25. The van der Waals surface area contributed by atoms with Crippen molar-refractivity contribution < 1.29 is 28.7 Å². The summed E-state index contributed by atoms with van der Waals surface area (Å²) < 4.78 is 11.8. The van der Waals surface area contributed by atoms with Gasteiger partial charge in [-0.1, -0.05) is 19.9 Å². The van der Waals surface area contributed by atoms with E-state index in [9.17, 15) is 19.2 Å². The molecule has 1 atom stereocenters. The monoisotopic (exact) mass is 616 g/mol. The Hall–Kier alpha value is -2.69. The predicted molar refractivity (Wildman–Crippen MR) is 171 cm³/mol. The predicted octanol–water partition coefficient (Wildman–Crippen LogP) is 3.98. The number of aldehydes is 1. The number of nitrogens with one attached hydrogen (secondary N) is 2. The molecule has 3 fully saturated rings. The molecule has 0 spiro atoms. The molecule has 2 amide bonds. The number of amides is 2. The summed E-state index contributed by atoms with van der Waals surface area (Å²) in [4.78, 5) is 50.5. The van der Waals surface area contributed by atoms with Crippen LogP contribution in [-0.4, -0.2) is 92.4 Å². The van der Waals surface area contributed by atoms with Gasteiger partial charge in [-0.3, -0.25) is 19.4 Å². The first-order valence-corrected chi connectivity index (χ1v) is 16.5. The van der Waals surface area contributed by atoms with E-state index in [1.165, 1.54) is 0 Å². The van der Waals surface area contributed by atoms with Gasteiger partial charge >= 0.3 is 0 Å². The van der Waals surface area contributed by atoms with Gasteiger partial charge in [-0.2, -0.15) is 0 Å². The van der Waals surface area contributed by atoms with Gasteiger partial charge in [-0.25, -0.2) is 0 Å². The molecule has 248 valence electrons. The highest BCUT2D eigenvalue weighted by molar-refractivity contribution is 5.83. The largest absolute Gasteiger partial charge is 0.378 e. The third kappa shape index (κ3) is 15.3. The minimum absolute atomic E-state index is 0.0532. The smallest absolute Gasteiger partial charge is 0.223 e. The summed E-state index contributed by atoms with van der Waals surface area (Å²) in [6, 6.07) is 5.95. The van der Waals surface area contributed by atoms with Gasteiger partial charge in [-0.05, 0) is 77.0 Å². The average molecular weight is 617 g/mol. The second kappa shape index (κ2) is 21.9. The number of rotatable bonds is 13. The number of ketones is 1. The second-order valence-corrected chi connectivity index (χ2v) is 12.4. The van der Waals surface area contributed by atoms with E-state index in [1.807, 2.05) is 39.1 Å². The topological polar surface area (TPSA) is 127 Å². The Morgan fingerprint density at radius 1 is 0.977 bits per heavy atom. The van der Waals surface area contributed by atoms with Crippen molar-refractivity contribution in [1.82, 2.24) is 20.5 Å². The van der Waals surface area contributed by atoms with Crippen LogP contribution in [0, 0.1) is 17.8 Å². The molecule has 2 aliphatic carbocycles. The molecular formula is C34H56N4O6. The second-order valence-electron chi connectivity index (χ2n) is 12.4. The highest BCUT2D eigenvalue weighted by Crippen LogP contribution is 2.27. The number of hydrogen-bond donors (Lipinski definition) is 2. The standard InChI is InChI=1S/C23H42N2O4.C6H9NO2.C5H5N/c1-17(2)23(27)18-6-8-19(9-7-18)25-22(26)5-4-15-28-20-10-12-21(13-11-20)29-16-14-24-3;1-7-3-5(4-8)2-6(7)9;1-2-4-6-5-3-1/h17-21,24H,4-16H2,1-3H3,(H,25,26);4-5H,2-3H2,1H3;1-5H. The van der Waals surface area contributed by atoms with Crippen molar-refractivity contribution in [2.75, 3.05) is 40.4 Å². The summed E-state index contributed by atoms with van der Waals surface area (Å²) >= 11 is 0. The fourth-order valence-electron chi connectivity index (χ4n) is 5.77. The third-order valence-electron chi connectivity index (χ3n) is 8.42. The van der Waals surface area contributed by atoms with Crippen molar-refractivity contribution in [3.8, 4) is 0 Å². The Labute approximate surface area is 264 Å². The first-order chi connectivity index (χ1) is 21.2. The zero-order chi connectivity index (χ0) is 32.2. The van der Waals surface area contributed by atoms with Gasteiger partial charge in [0.2, 0.25) is 11.8 Å². The molecule has 10 heteroatoms. The van der Waals surface area contributed by atoms with Crippen molar-refractivity contribution in [3.05, 3.63) is 30.6 Å². The van der Waals surface area contributed by atoms with Gasteiger partial charge in [0.25, 0.3) is 0 Å². The van der Waals surface area contributed by atoms with Gasteiger partial charge in [-0.15, -0.1) is 0 Å². The minimum Gasteiger partial charge on any atom is -0.378 e. The highest BCUT2D eigenvalue weighted by Gasteiger charge is 2.28. The maximum atomic E-state index is 12.2. The Balaban J connectivity index is 0.000000362. The molecule has 1 aliphatic heterocycles. The third-order valence-corrected chi connectivity index (χ3v) is 8.42. The molecule has 3 aliphatic rings. The molecule has 1 aromatic rings. The summed E-state index contributed by atoms with van der Waals surface area (Å²) in [5.74, 6) is 0.835. The maximum Gasteiger partial charge on any atom is 0.223 e. The van der Waals surface area contributed by atoms with Crippen LogP contribution in [0.1, 0.15) is 84.5 Å². The average Bonchev–Trinajstić information content (AvgIpc) is 3.38. The SMILES string of the molecule is CN1CC(C=O)CC1=O.CNCCOC1CCC(OCCCC(=O)NC2CCC(C(=O)C(C)C)CC2)CC1.c1ccncc1. The number of likely N-dealkylation sites (tertiary alicyclic amines) is 1. The van der Waals surface area contributed by atoms with Gasteiger partial charge in [0.1, 0.15) is 12.1 Å². The Bertz CT molecular complexity index is 920. The van der Waals surface area contributed by atoms with E-state index < -0.39 is 0 Å². The molecule has 2 N–H and O–H groups in total. The Morgan fingerprint density at radius 2 is 1.59 bits per heavy atom. The lowest BCUT2D eigenvalue weighted by molar-refractivity contribution is -0.127.